The molecule has 2 aliphatic rings. The van der Waals surface area contributed by atoms with Crippen molar-refractivity contribution in [3.05, 3.63) is 48.0 Å². The van der Waals surface area contributed by atoms with Crippen LogP contribution in [0.25, 0.3) is 22.2 Å². The maximum atomic E-state index is 12.3. The predicted octanol–water partition coefficient (Wildman–Crippen LogP) is 4.31. The zero-order chi connectivity index (χ0) is 25.3. The molecule has 3 aromatic rings. The van der Waals surface area contributed by atoms with E-state index in [4.69, 9.17) is 14.2 Å². The molecule has 2 aromatic carbocycles. The Bertz CT molecular complexity index is 1380. The molecule has 0 bridgehead atoms. The second-order valence-corrected chi connectivity index (χ2v) is 11.0. The lowest BCUT2D eigenvalue weighted by Gasteiger charge is -2.30. The molecule has 1 aliphatic heterocycles. The summed E-state index contributed by atoms with van der Waals surface area (Å²) < 4.78 is 48.6. The van der Waals surface area contributed by atoms with Crippen LogP contribution in [0.5, 0.6) is 5.75 Å². The molecule has 2 heterocycles. The van der Waals surface area contributed by atoms with E-state index < -0.39 is 10.2 Å². The molecule has 10 heteroatoms. The van der Waals surface area contributed by atoms with Crippen LogP contribution >= 0.6 is 0 Å². The number of ether oxygens (including phenoxy) is 3. The van der Waals surface area contributed by atoms with Crippen molar-refractivity contribution in [3.8, 4) is 23.1 Å². The monoisotopic (exact) mass is 510 g/mol. The highest BCUT2D eigenvalue weighted by molar-refractivity contribution is 7.90. The smallest absolute Gasteiger partial charge is 0.299 e. The number of rotatable bonds is 8. The van der Waals surface area contributed by atoms with Gasteiger partial charge < -0.3 is 18.8 Å². The molecule has 1 saturated heterocycles. The minimum Gasteiger partial charge on any atom is -0.486 e. The van der Waals surface area contributed by atoms with Crippen molar-refractivity contribution in [1.29, 1.82) is 5.26 Å². The third kappa shape index (κ3) is 5.06. The zero-order valence-corrected chi connectivity index (χ0v) is 21.2. The largest absolute Gasteiger partial charge is 0.486 e. The number of hydrogen-bond acceptors (Lipinski definition) is 6. The molecule has 190 valence electrons. The molecular formula is C26H30N4O5S. The normalized spacial score (nSPS) is 17.2. The van der Waals surface area contributed by atoms with Crippen molar-refractivity contribution in [3.63, 3.8) is 0 Å². The van der Waals surface area contributed by atoms with Gasteiger partial charge in [-0.05, 0) is 62.9 Å². The summed E-state index contributed by atoms with van der Waals surface area (Å²) >= 11 is 0. The Morgan fingerprint density at radius 3 is 2.44 bits per heavy atom. The average Bonchev–Trinajstić information content (AvgIpc) is 3.11. The van der Waals surface area contributed by atoms with Crippen LogP contribution in [-0.4, -0.2) is 45.1 Å². The second kappa shape index (κ2) is 10.1. The first kappa shape index (κ1) is 24.6. The Kier molecular flexibility index (Phi) is 6.90. The quantitative estimate of drug-likeness (QED) is 0.467. The maximum Gasteiger partial charge on any atom is 0.299 e. The summed E-state index contributed by atoms with van der Waals surface area (Å²) in [5.74, 6) is 0.707. The third-order valence-corrected chi connectivity index (χ3v) is 7.69. The van der Waals surface area contributed by atoms with Gasteiger partial charge in [0.2, 0.25) is 0 Å². The Labute approximate surface area is 211 Å². The number of anilines is 1. The Balaban J connectivity index is 1.53. The SMILES string of the molecule is CC(C)NS(=O)(=O)Nc1ccc(-c2c(C#N)c3ccc(OC4COCOC4)cc3n2C2CCC2)cc1. The van der Waals surface area contributed by atoms with Gasteiger partial charge in [-0.2, -0.15) is 18.4 Å². The Morgan fingerprint density at radius 1 is 1.11 bits per heavy atom. The Morgan fingerprint density at radius 2 is 1.83 bits per heavy atom. The summed E-state index contributed by atoms with van der Waals surface area (Å²) in [4.78, 5) is 0. The molecule has 1 aliphatic carbocycles. The van der Waals surface area contributed by atoms with Gasteiger partial charge >= 0.3 is 0 Å². The van der Waals surface area contributed by atoms with Gasteiger partial charge in [0.15, 0.2) is 0 Å². The minimum atomic E-state index is -3.67. The molecule has 1 saturated carbocycles. The number of fused-ring (bicyclic) bond motifs is 1. The highest BCUT2D eigenvalue weighted by atomic mass is 32.2. The standard InChI is InChI=1S/C26H30N4O5S/c1-17(2)28-36(31,32)29-19-8-6-18(7-9-19)26-24(13-27)23-11-10-21(35-22-14-33-16-34-15-22)12-25(23)30(26)20-4-3-5-20/h6-12,17,20,22,28-29H,3-5,14-16H2,1-2H3. The molecule has 2 N–H and O–H groups in total. The number of benzene rings is 2. The molecule has 0 unspecified atom stereocenters. The second-order valence-electron chi connectivity index (χ2n) is 9.52. The molecule has 36 heavy (non-hydrogen) atoms. The van der Waals surface area contributed by atoms with Crippen LogP contribution in [0.1, 0.15) is 44.7 Å². The van der Waals surface area contributed by atoms with Gasteiger partial charge in [0.1, 0.15) is 24.7 Å². The average molecular weight is 511 g/mol. The number of nitriles is 1. The molecule has 5 rings (SSSR count). The van der Waals surface area contributed by atoms with E-state index in [-0.39, 0.29) is 25.0 Å². The van der Waals surface area contributed by atoms with Crippen LogP contribution in [0.3, 0.4) is 0 Å². The minimum absolute atomic E-state index is 0.181. The van der Waals surface area contributed by atoms with Gasteiger partial charge in [-0.1, -0.05) is 12.1 Å². The van der Waals surface area contributed by atoms with Crippen LogP contribution in [0.2, 0.25) is 0 Å². The zero-order valence-electron chi connectivity index (χ0n) is 20.4. The highest BCUT2D eigenvalue weighted by Crippen LogP contribution is 2.43. The van der Waals surface area contributed by atoms with E-state index in [1.807, 2.05) is 30.3 Å². The van der Waals surface area contributed by atoms with E-state index in [0.717, 1.165) is 41.4 Å². The predicted molar refractivity (Wildman–Crippen MR) is 137 cm³/mol. The van der Waals surface area contributed by atoms with Crippen LogP contribution < -0.4 is 14.2 Å². The lowest BCUT2D eigenvalue weighted by atomic mass is 9.92. The highest BCUT2D eigenvalue weighted by Gasteiger charge is 2.28. The maximum absolute atomic E-state index is 12.3. The molecular weight excluding hydrogens is 480 g/mol. The van der Waals surface area contributed by atoms with Crippen LogP contribution in [0.15, 0.2) is 42.5 Å². The van der Waals surface area contributed by atoms with E-state index in [1.54, 1.807) is 26.0 Å². The fourth-order valence-electron chi connectivity index (χ4n) is 4.70. The first-order valence-electron chi connectivity index (χ1n) is 12.2. The van der Waals surface area contributed by atoms with Crippen molar-refractivity contribution < 1.29 is 22.6 Å². The van der Waals surface area contributed by atoms with Gasteiger partial charge in [-0.3, -0.25) is 4.72 Å². The van der Waals surface area contributed by atoms with Gasteiger partial charge in [0.05, 0.1) is 30.0 Å². The van der Waals surface area contributed by atoms with E-state index in [1.165, 1.54) is 0 Å². The first-order chi connectivity index (χ1) is 17.3. The number of hydrogen-bond donors (Lipinski definition) is 2. The van der Waals surface area contributed by atoms with Crippen LogP contribution in [0.4, 0.5) is 5.69 Å². The molecule has 0 amide bonds. The molecule has 0 atom stereocenters. The van der Waals surface area contributed by atoms with Crippen molar-refractivity contribution in [1.82, 2.24) is 9.29 Å². The molecule has 0 radical (unpaired) electrons. The lowest BCUT2D eigenvalue weighted by Crippen LogP contribution is -2.35. The molecule has 2 fully saturated rings. The fourth-order valence-corrected chi connectivity index (χ4v) is 5.83. The van der Waals surface area contributed by atoms with E-state index in [9.17, 15) is 13.7 Å². The lowest BCUT2D eigenvalue weighted by molar-refractivity contribution is -0.143. The molecule has 1 aromatic heterocycles. The van der Waals surface area contributed by atoms with Crippen molar-refractivity contribution in [2.75, 3.05) is 24.7 Å². The van der Waals surface area contributed by atoms with Gasteiger partial charge in [-0.15, -0.1) is 0 Å². The number of aromatic nitrogens is 1. The summed E-state index contributed by atoms with van der Waals surface area (Å²) in [5, 5.41) is 11.0. The first-order valence-corrected chi connectivity index (χ1v) is 13.6. The number of nitrogens with one attached hydrogen (secondary N) is 2. The molecule has 9 nitrogen and oxygen atoms in total. The van der Waals surface area contributed by atoms with Crippen molar-refractivity contribution in [2.24, 2.45) is 0 Å². The Hall–Kier alpha value is -3.10. The molecule has 0 spiro atoms. The summed E-state index contributed by atoms with van der Waals surface area (Å²) in [6, 6.07) is 15.4. The van der Waals surface area contributed by atoms with Gasteiger partial charge in [-0.25, -0.2) is 0 Å². The van der Waals surface area contributed by atoms with Gasteiger partial charge in [0, 0.05) is 29.2 Å². The summed E-state index contributed by atoms with van der Waals surface area (Å²) in [6.45, 7) is 4.75. The van der Waals surface area contributed by atoms with E-state index in [2.05, 4.69) is 20.1 Å². The summed E-state index contributed by atoms with van der Waals surface area (Å²) in [6.07, 6.45) is 3.04. The summed E-state index contributed by atoms with van der Waals surface area (Å²) in [7, 11) is -3.67. The third-order valence-electron chi connectivity index (χ3n) is 6.41. The fraction of sp³-hybridized carbons (Fsp3) is 0.423. The van der Waals surface area contributed by atoms with Crippen molar-refractivity contribution in [2.45, 2.75) is 51.3 Å². The topological polar surface area (TPSA) is 115 Å². The summed E-state index contributed by atoms with van der Waals surface area (Å²) in [5.41, 5.74) is 3.69. The van der Waals surface area contributed by atoms with Crippen molar-refractivity contribution >= 4 is 26.8 Å². The number of nitrogens with zero attached hydrogens (tertiary/aromatic N) is 2. The van der Waals surface area contributed by atoms with Crippen LogP contribution in [-0.2, 0) is 19.7 Å². The van der Waals surface area contributed by atoms with E-state index >= 15 is 0 Å². The van der Waals surface area contributed by atoms with E-state index in [0.29, 0.717) is 30.2 Å². The van der Waals surface area contributed by atoms with Gasteiger partial charge in [0.25, 0.3) is 10.2 Å². The van der Waals surface area contributed by atoms with Crippen LogP contribution in [0, 0.1) is 11.3 Å².